The lowest BCUT2D eigenvalue weighted by atomic mass is 10.3. The van der Waals surface area contributed by atoms with Crippen molar-refractivity contribution in [1.29, 1.82) is 0 Å². The van der Waals surface area contributed by atoms with E-state index >= 15 is 0 Å². The van der Waals surface area contributed by atoms with Crippen molar-refractivity contribution >= 4 is 41.2 Å². The van der Waals surface area contributed by atoms with Crippen LogP contribution in [0.5, 0.6) is 0 Å². The number of ether oxygens (including phenoxy) is 1. The van der Waals surface area contributed by atoms with Crippen molar-refractivity contribution in [2.45, 2.75) is 12.1 Å². The number of thioether (sulfide) groups is 1. The lowest BCUT2D eigenvalue weighted by Crippen LogP contribution is -2.06. The number of hydrogen-bond acceptors (Lipinski definition) is 4. The van der Waals surface area contributed by atoms with Crippen molar-refractivity contribution in [3.8, 4) is 0 Å². The van der Waals surface area contributed by atoms with Gasteiger partial charge in [-0.3, -0.25) is 4.79 Å². The predicted octanol–water partition coefficient (Wildman–Crippen LogP) is 2.64. The molecule has 0 aliphatic rings. The molecule has 0 saturated carbocycles. The Morgan fingerprint density at radius 1 is 1.47 bits per heavy atom. The number of nitrogens with one attached hydrogen (secondary N) is 1. The van der Waals surface area contributed by atoms with Crippen molar-refractivity contribution < 1.29 is 9.53 Å². The predicted molar refractivity (Wildman–Crippen MR) is 70.7 cm³/mol. The minimum absolute atomic E-state index is 0. The molecule has 4 nitrogen and oxygen atoms in total. The quantitative estimate of drug-likeness (QED) is 0.687. The summed E-state index contributed by atoms with van der Waals surface area (Å²) in [6.07, 6.45) is 0. The number of rotatable bonds is 4. The molecule has 0 unspecified atom stereocenters. The summed E-state index contributed by atoms with van der Waals surface area (Å²) in [5, 5.41) is 0.745. The van der Waals surface area contributed by atoms with E-state index in [0.717, 1.165) is 16.2 Å². The molecule has 0 aliphatic heterocycles. The molecule has 6 heteroatoms. The number of carbonyl (C=O) groups excluding carboxylic acids is 1. The highest BCUT2D eigenvalue weighted by Gasteiger charge is 2.06. The van der Waals surface area contributed by atoms with Crippen LogP contribution in [0.25, 0.3) is 11.0 Å². The Balaban J connectivity index is 0.00000144. The van der Waals surface area contributed by atoms with Crippen LogP contribution in [0.2, 0.25) is 0 Å². The molecule has 2 rings (SSSR count). The molecule has 2 aromatic rings. The summed E-state index contributed by atoms with van der Waals surface area (Å²) in [5.74, 6) is 0.0705. The van der Waals surface area contributed by atoms with E-state index in [4.69, 9.17) is 4.74 Å². The second-order valence-electron chi connectivity index (χ2n) is 3.15. The number of esters is 1. The third-order valence-electron chi connectivity index (χ3n) is 2.00. The Morgan fingerprint density at radius 2 is 2.24 bits per heavy atom. The van der Waals surface area contributed by atoms with Crippen LogP contribution in [0.3, 0.4) is 0 Å². The second kappa shape index (κ2) is 6.51. The van der Waals surface area contributed by atoms with Crippen molar-refractivity contribution in [3.05, 3.63) is 24.3 Å². The van der Waals surface area contributed by atoms with E-state index in [0.29, 0.717) is 6.61 Å². The van der Waals surface area contributed by atoms with E-state index in [1.54, 1.807) is 6.92 Å². The molecule has 0 spiro atoms. The summed E-state index contributed by atoms with van der Waals surface area (Å²) in [7, 11) is 0. The SMILES string of the molecule is CCOC(=O)CSc1nc2ccccc2[nH]1.Cl. The van der Waals surface area contributed by atoms with Gasteiger partial charge in [-0.1, -0.05) is 23.9 Å². The normalized spacial score (nSPS) is 9.94. The molecule has 1 N–H and O–H groups in total. The molecule has 0 fully saturated rings. The molecular formula is C11H13ClN2O2S. The summed E-state index contributed by atoms with van der Waals surface area (Å²) in [6.45, 7) is 2.21. The number of para-hydroxylation sites is 2. The summed E-state index contributed by atoms with van der Waals surface area (Å²) < 4.78 is 4.84. The van der Waals surface area contributed by atoms with E-state index in [1.807, 2.05) is 24.3 Å². The zero-order valence-corrected chi connectivity index (χ0v) is 10.9. The number of H-pyrrole nitrogens is 1. The van der Waals surface area contributed by atoms with Gasteiger partial charge in [0.05, 0.1) is 23.4 Å². The molecule has 17 heavy (non-hydrogen) atoms. The molecule has 0 amide bonds. The minimum Gasteiger partial charge on any atom is -0.465 e. The third-order valence-corrected chi connectivity index (χ3v) is 2.85. The molecule has 1 aromatic heterocycles. The third kappa shape index (κ3) is 3.64. The summed E-state index contributed by atoms with van der Waals surface area (Å²) >= 11 is 1.35. The lowest BCUT2D eigenvalue weighted by Gasteiger charge is -1.98. The van der Waals surface area contributed by atoms with E-state index in [2.05, 4.69) is 9.97 Å². The highest BCUT2D eigenvalue weighted by Crippen LogP contribution is 2.18. The van der Waals surface area contributed by atoms with Gasteiger partial charge in [-0.25, -0.2) is 4.98 Å². The van der Waals surface area contributed by atoms with Crippen LogP contribution >= 0.6 is 24.2 Å². The first-order valence-corrected chi connectivity index (χ1v) is 6.01. The fourth-order valence-corrected chi connectivity index (χ4v) is 2.01. The number of fused-ring (bicyclic) bond motifs is 1. The highest BCUT2D eigenvalue weighted by molar-refractivity contribution is 7.99. The van der Waals surface area contributed by atoms with E-state index in [-0.39, 0.29) is 24.1 Å². The largest absolute Gasteiger partial charge is 0.465 e. The van der Waals surface area contributed by atoms with Crippen LogP contribution in [0.4, 0.5) is 0 Å². The van der Waals surface area contributed by atoms with Gasteiger partial charge in [-0.2, -0.15) is 0 Å². The number of halogens is 1. The molecule has 92 valence electrons. The maximum atomic E-state index is 11.1. The zero-order chi connectivity index (χ0) is 11.4. The van der Waals surface area contributed by atoms with Gasteiger partial charge in [0.25, 0.3) is 0 Å². The summed E-state index contributed by atoms with van der Waals surface area (Å²) in [5.41, 5.74) is 1.89. The molecule has 0 bridgehead atoms. The Morgan fingerprint density at radius 3 is 2.94 bits per heavy atom. The first kappa shape index (κ1) is 13.9. The van der Waals surface area contributed by atoms with Gasteiger partial charge in [0.2, 0.25) is 0 Å². The van der Waals surface area contributed by atoms with Gasteiger partial charge in [0.1, 0.15) is 0 Å². The Bertz CT molecular complexity index is 468. The van der Waals surface area contributed by atoms with Crippen molar-refractivity contribution in [2.75, 3.05) is 12.4 Å². The molecule has 0 aliphatic carbocycles. The van der Waals surface area contributed by atoms with Crippen molar-refractivity contribution in [1.82, 2.24) is 9.97 Å². The maximum Gasteiger partial charge on any atom is 0.316 e. The highest BCUT2D eigenvalue weighted by atomic mass is 35.5. The molecular weight excluding hydrogens is 260 g/mol. The Hall–Kier alpha value is -1.20. The van der Waals surface area contributed by atoms with E-state index < -0.39 is 0 Å². The van der Waals surface area contributed by atoms with Gasteiger partial charge in [-0.05, 0) is 19.1 Å². The summed E-state index contributed by atoms with van der Waals surface area (Å²) in [4.78, 5) is 18.6. The van der Waals surface area contributed by atoms with Gasteiger partial charge in [0, 0.05) is 0 Å². The summed E-state index contributed by atoms with van der Waals surface area (Å²) in [6, 6.07) is 7.76. The van der Waals surface area contributed by atoms with Gasteiger partial charge < -0.3 is 9.72 Å². The smallest absolute Gasteiger partial charge is 0.316 e. The van der Waals surface area contributed by atoms with Crippen LogP contribution in [-0.4, -0.2) is 28.3 Å². The monoisotopic (exact) mass is 272 g/mol. The number of nitrogens with zero attached hydrogens (tertiary/aromatic N) is 1. The van der Waals surface area contributed by atoms with Crippen molar-refractivity contribution in [3.63, 3.8) is 0 Å². The number of hydrogen-bond donors (Lipinski definition) is 1. The van der Waals surface area contributed by atoms with Crippen LogP contribution in [0, 0.1) is 0 Å². The Labute approximate surface area is 110 Å². The fraction of sp³-hybridized carbons (Fsp3) is 0.273. The number of imidazole rings is 1. The van der Waals surface area contributed by atoms with Crippen LogP contribution < -0.4 is 0 Å². The zero-order valence-electron chi connectivity index (χ0n) is 9.30. The number of benzene rings is 1. The molecule has 0 radical (unpaired) electrons. The number of carbonyl (C=O) groups is 1. The molecule has 1 heterocycles. The second-order valence-corrected chi connectivity index (χ2v) is 4.12. The Kier molecular flexibility index (Phi) is 5.31. The van der Waals surface area contributed by atoms with E-state index in [1.165, 1.54) is 11.8 Å². The van der Waals surface area contributed by atoms with Crippen LogP contribution in [0.15, 0.2) is 29.4 Å². The average molecular weight is 273 g/mol. The van der Waals surface area contributed by atoms with Gasteiger partial charge in [-0.15, -0.1) is 12.4 Å². The molecule has 0 saturated heterocycles. The molecule has 1 aromatic carbocycles. The number of aromatic amines is 1. The lowest BCUT2D eigenvalue weighted by molar-refractivity contribution is -0.139. The fourth-order valence-electron chi connectivity index (χ4n) is 1.33. The van der Waals surface area contributed by atoms with Gasteiger partial charge in [0.15, 0.2) is 5.16 Å². The molecule has 0 atom stereocenters. The standard InChI is InChI=1S/C11H12N2O2S.ClH/c1-2-15-10(14)7-16-11-12-8-5-3-4-6-9(8)13-11;/h3-6H,2,7H2,1H3,(H,12,13);1H. The van der Waals surface area contributed by atoms with Crippen LogP contribution in [0.1, 0.15) is 6.92 Å². The first-order chi connectivity index (χ1) is 7.79. The first-order valence-electron chi connectivity index (χ1n) is 5.02. The van der Waals surface area contributed by atoms with Crippen LogP contribution in [-0.2, 0) is 9.53 Å². The minimum atomic E-state index is -0.215. The van der Waals surface area contributed by atoms with Crippen molar-refractivity contribution in [2.24, 2.45) is 0 Å². The number of aromatic nitrogens is 2. The van der Waals surface area contributed by atoms with E-state index in [9.17, 15) is 4.79 Å². The maximum absolute atomic E-state index is 11.1. The van der Waals surface area contributed by atoms with Gasteiger partial charge >= 0.3 is 5.97 Å². The average Bonchev–Trinajstić information content (AvgIpc) is 2.69. The topological polar surface area (TPSA) is 55.0 Å².